The fourth-order valence-corrected chi connectivity index (χ4v) is 2.64. The third-order valence-electron chi connectivity index (χ3n) is 3.63. The lowest BCUT2D eigenvalue weighted by Gasteiger charge is -2.35. The standard InChI is InChI=1S/C14H18F4N2O.ClH/c15-12-8-10(7-11(9-12)14(16,17)18)13(1-6-21)20-4-2-19-3-5-20;/h7-9,13,19,21H,1-6H2;1H/t13-;/m0./s1. The van der Waals surface area contributed by atoms with Crippen molar-refractivity contribution >= 4 is 12.4 Å². The molecule has 1 saturated heterocycles. The highest BCUT2D eigenvalue weighted by atomic mass is 35.5. The first-order valence-corrected chi connectivity index (χ1v) is 6.85. The highest BCUT2D eigenvalue weighted by molar-refractivity contribution is 5.85. The van der Waals surface area contributed by atoms with Gasteiger partial charge in [-0.1, -0.05) is 0 Å². The second-order valence-corrected chi connectivity index (χ2v) is 5.09. The van der Waals surface area contributed by atoms with E-state index in [9.17, 15) is 17.6 Å². The Morgan fingerprint density at radius 2 is 1.82 bits per heavy atom. The van der Waals surface area contributed by atoms with Crippen molar-refractivity contribution in [3.8, 4) is 0 Å². The molecular formula is C14H19ClF4N2O. The topological polar surface area (TPSA) is 35.5 Å². The molecule has 0 aliphatic carbocycles. The first-order chi connectivity index (χ1) is 9.91. The van der Waals surface area contributed by atoms with Crippen molar-refractivity contribution in [3.05, 3.63) is 35.1 Å². The predicted molar refractivity (Wildman–Crippen MR) is 77.5 cm³/mol. The summed E-state index contributed by atoms with van der Waals surface area (Å²) in [4.78, 5) is 1.97. The Bertz CT molecular complexity index is 478. The number of rotatable bonds is 4. The Morgan fingerprint density at radius 3 is 2.36 bits per heavy atom. The van der Waals surface area contributed by atoms with Crippen LogP contribution >= 0.6 is 12.4 Å². The molecule has 8 heteroatoms. The van der Waals surface area contributed by atoms with Gasteiger partial charge in [0.1, 0.15) is 5.82 Å². The number of alkyl halides is 3. The van der Waals surface area contributed by atoms with Gasteiger partial charge in [-0.3, -0.25) is 4.90 Å². The summed E-state index contributed by atoms with van der Waals surface area (Å²) in [6, 6.07) is 2.19. The zero-order valence-corrected chi connectivity index (χ0v) is 12.7. The van der Waals surface area contributed by atoms with E-state index >= 15 is 0 Å². The van der Waals surface area contributed by atoms with E-state index in [2.05, 4.69) is 5.32 Å². The first-order valence-electron chi connectivity index (χ1n) is 6.85. The van der Waals surface area contributed by atoms with Crippen molar-refractivity contribution in [3.63, 3.8) is 0 Å². The summed E-state index contributed by atoms with van der Waals surface area (Å²) in [5, 5.41) is 12.3. The van der Waals surface area contributed by atoms with Crippen molar-refractivity contribution in [2.45, 2.75) is 18.6 Å². The molecule has 0 spiro atoms. The maximum Gasteiger partial charge on any atom is 0.416 e. The Balaban J connectivity index is 0.00000242. The minimum Gasteiger partial charge on any atom is -0.396 e. The maximum atomic E-state index is 13.5. The van der Waals surface area contributed by atoms with Crippen LogP contribution in [0.2, 0.25) is 0 Å². The molecule has 0 bridgehead atoms. The molecule has 3 nitrogen and oxygen atoms in total. The van der Waals surface area contributed by atoms with E-state index in [4.69, 9.17) is 5.11 Å². The third-order valence-corrected chi connectivity index (χ3v) is 3.63. The molecule has 1 aliphatic rings. The number of hydrogen-bond acceptors (Lipinski definition) is 3. The van der Waals surface area contributed by atoms with E-state index in [-0.39, 0.29) is 31.0 Å². The number of aliphatic hydroxyl groups excluding tert-OH is 1. The minimum absolute atomic E-state index is 0. The second kappa shape index (κ2) is 8.10. The Labute approximate surface area is 132 Å². The summed E-state index contributed by atoms with van der Waals surface area (Å²) >= 11 is 0. The lowest BCUT2D eigenvalue weighted by atomic mass is 9.99. The van der Waals surface area contributed by atoms with Crippen molar-refractivity contribution in [2.75, 3.05) is 32.8 Å². The molecule has 1 aliphatic heterocycles. The average molecular weight is 343 g/mol. The van der Waals surface area contributed by atoms with Gasteiger partial charge >= 0.3 is 6.18 Å². The van der Waals surface area contributed by atoms with Crippen molar-refractivity contribution in [1.82, 2.24) is 10.2 Å². The van der Waals surface area contributed by atoms with Gasteiger partial charge in [-0.05, 0) is 30.2 Å². The van der Waals surface area contributed by atoms with Gasteiger partial charge in [0.15, 0.2) is 0 Å². The van der Waals surface area contributed by atoms with Gasteiger partial charge < -0.3 is 10.4 Å². The van der Waals surface area contributed by atoms with Crippen LogP contribution in [0.5, 0.6) is 0 Å². The van der Waals surface area contributed by atoms with E-state index in [0.717, 1.165) is 25.2 Å². The van der Waals surface area contributed by atoms with E-state index in [1.807, 2.05) is 4.90 Å². The SMILES string of the molecule is Cl.OCC[C@@H](c1cc(F)cc(C(F)(F)F)c1)N1CCNCC1. The number of benzene rings is 1. The van der Waals surface area contributed by atoms with Gasteiger partial charge in [0, 0.05) is 38.8 Å². The van der Waals surface area contributed by atoms with Gasteiger partial charge in [-0.15, -0.1) is 12.4 Å². The van der Waals surface area contributed by atoms with E-state index < -0.39 is 23.6 Å². The molecule has 0 radical (unpaired) electrons. The van der Waals surface area contributed by atoms with Gasteiger partial charge in [0.25, 0.3) is 0 Å². The summed E-state index contributed by atoms with van der Waals surface area (Å²) in [5.74, 6) is -0.905. The number of aliphatic hydroxyl groups is 1. The van der Waals surface area contributed by atoms with Crippen LogP contribution in [0, 0.1) is 5.82 Å². The molecule has 1 aromatic carbocycles. The lowest BCUT2D eigenvalue weighted by molar-refractivity contribution is -0.137. The predicted octanol–water partition coefficient (Wildman–Crippen LogP) is 2.60. The summed E-state index contributed by atoms with van der Waals surface area (Å²) in [7, 11) is 0. The van der Waals surface area contributed by atoms with Crippen LogP contribution in [0.4, 0.5) is 17.6 Å². The van der Waals surface area contributed by atoms with Crippen LogP contribution in [0.1, 0.15) is 23.6 Å². The monoisotopic (exact) mass is 342 g/mol. The van der Waals surface area contributed by atoms with Crippen LogP contribution in [0.25, 0.3) is 0 Å². The summed E-state index contributed by atoms with van der Waals surface area (Å²) in [6.45, 7) is 2.60. The van der Waals surface area contributed by atoms with Gasteiger partial charge in [-0.25, -0.2) is 4.39 Å². The Morgan fingerprint density at radius 1 is 1.18 bits per heavy atom. The Kier molecular flexibility index (Phi) is 7.05. The molecule has 1 heterocycles. The van der Waals surface area contributed by atoms with E-state index in [1.54, 1.807) is 0 Å². The van der Waals surface area contributed by atoms with Crippen LogP contribution in [-0.2, 0) is 6.18 Å². The van der Waals surface area contributed by atoms with Crippen LogP contribution in [-0.4, -0.2) is 42.8 Å². The molecule has 22 heavy (non-hydrogen) atoms. The van der Waals surface area contributed by atoms with E-state index in [0.29, 0.717) is 19.2 Å². The molecule has 0 aromatic heterocycles. The highest BCUT2D eigenvalue weighted by Gasteiger charge is 2.32. The molecule has 2 rings (SSSR count). The lowest BCUT2D eigenvalue weighted by Crippen LogP contribution is -2.45. The van der Waals surface area contributed by atoms with Crippen molar-refractivity contribution in [2.24, 2.45) is 0 Å². The van der Waals surface area contributed by atoms with Crippen molar-refractivity contribution in [1.29, 1.82) is 0 Å². The molecule has 0 amide bonds. The highest BCUT2D eigenvalue weighted by Crippen LogP contribution is 2.33. The largest absolute Gasteiger partial charge is 0.416 e. The van der Waals surface area contributed by atoms with Crippen LogP contribution in [0.15, 0.2) is 18.2 Å². The maximum absolute atomic E-state index is 13.5. The van der Waals surface area contributed by atoms with Gasteiger partial charge in [0.05, 0.1) is 5.56 Å². The second-order valence-electron chi connectivity index (χ2n) is 5.09. The summed E-state index contributed by atoms with van der Waals surface area (Å²) in [6.07, 6.45) is -4.30. The zero-order valence-electron chi connectivity index (χ0n) is 11.9. The van der Waals surface area contributed by atoms with Crippen LogP contribution < -0.4 is 5.32 Å². The minimum atomic E-state index is -4.58. The van der Waals surface area contributed by atoms with Gasteiger partial charge in [-0.2, -0.15) is 13.2 Å². The molecule has 0 unspecified atom stereocenters. The van der Waals surface area contributed by atoms with E-state index in [1.165, 1.54) is 0 Å². The number of hydrogen-bond donors (Lipinski definition) is 2. The smallest absolute Gasteiger partial charge is 0.396 e. The molecule has 1 aromatic rings. The Hall–Kier alpha value is -0.890. The third kappa shape index (κ3) is 4.81. The number of nitrogens with one attached hydrogen (secondary N) is 1. The fraction of sp³-hybridized carbons (Fsp3) is 0.571. The zero-order chi connectivity index (χ0) is 15.5. The van der Waals surface area contributed by atoms with Gasteiger partial charge in [0.2, 0.25) is 0 Å². The quantitative estimate of drug-likeness (QED) is 0.826. The molecule has 126 valence electrons. The number of nitrogens with zero attached hydrogens (tertiary/aromatic N) is 1. The molecule has 1 fully saturated rings. The molecule has 2 N–H and O–H groups in total. The molecular weight excluding hydrogens is 324 g/mol. The molecule has 0 saturated carbocycles. The van der Waals surface area contributed by atoms with Crippen LogP contribution in [0.3, 0.4) is 0 Å². The number of piperazine rings is 1. The fourth-order valence-electron chi connectivity index (χ4n) is 2.64. The summed E-state index contributed by atoms with van der Waals surface area (Å²) < 4.78 is 51.9. The van der Waals surface area contributed by atoms with Crippen molar-refractivity contribution < 1.29 is 22.7 Å². The normalized spacial score (nSPS) is 17.9. The molecule has 1 atom stereocenters. The average Bonchev–Trinajstić information content (AvgIpc) is 2.44. The first kappa shape index (κ1) is 19.2. The number of halogens is 5. The summed E-state index contributed by atoms with van der Waals surface area (Å²) in [5.41, 5.74) is -0.728.